The summed E-state index contributed by atoms with van der Waals surface area (Å²) in [5, 5.41) is 3.02. The fourth-order valence-corrected chi connectivity index (χ4v) is 1.48. The molecule has 0 fully saturated rings. The topological polar surface area (TPSA) is 12.0 Å². The van der Waals surface area contributed by atoms with Crippen LogP contribution in [0.4, 0.5) is 0 Å². The van der Waals surface area contributed by atoms with E-state index in [0.717, 1.165) is 5.46 Å². The first kappa shape index (κ1) is 6.80. The van der Waals surface area contributed by atoms with Crippen molar-refractivity contribution in [2.24, 2.45) is 0 Å². The zero-order valence-corrected chi connectivity index (χ0v) is 6.68. The predicted octanol–water partition coefficient (Wildman–Crippen LogP) is 1.19. The Morgan fingerprint density at radius 2 is 2.09 bits per heavy atom. The molecule has 1 aromatic rings. The number of rotatable bonds is 0. The quantitative estimate of drug-likeness (QED) is 0.567. The third kappa shape index (κ3) is 1.14. The van der Waals surface area contributed by atoms with Gasteiger partial charge in [-0.15, -0.1) is 0 Å². The van der Waals surface area contributed by atoms with Gasteiger partial charge in [-0.05, 0) is 23.3 Å². The molecule has 0 spiro atoms. The highest BCUT2D eigenvalue weighted by atomic mass is 35.5. The molecule has 0 saturated carbocycles. The molecule has 1 nitrogen and oxygen atoms in total. The second-order valence-corrected chi connectivity index (χ2v) is 2.93. The monoisotopic (exact) mass is 163 g/mol. The fourth-order valence-electron chi connectivity index (χ4n) is 1.21. The van der Waals surface area contributed by atoms with Gasteiger partial charge in [0.15, 0.2) is 0 Å². The minimum absolute atomic E-state index is 0.0730. The van der Waals surface area contributed by atoms with Crippen molar-refractivity contribution in [3.8, 4) is 0 Å². The van der Waals surface area contributed by atoms with E-state index in [1.54, 1.807) is 0 Å². The van der Waals surface area contributed by atoms with E-state index in [0.29, 0.717) is 0 Å². The number of halogens is 1. The number of fused-ring (bicyclic) bond motifs is 1. The molecule has 2 rings (SSSR count). The van der Waals surface area contributed by atoms with Gasteiger partial charge < -0.3 is 5.23 Å². The minimum atomic E-state index is -0.0730. The number of benzene rings is 1. The summed E-state index contributed by atoms with van der Waals surface area (Å²) < 4.78 is 0. The number of nitrogens with one attached hydrogen (secondary N) is 1. The lowest BCUT2D eigenvalue weighted by Gasteiger charge is -2.13. The molecular weight excluding hydrogens is 156 g/mol. The average Bonchev–Trinajstić information content (AvgIpc) is 2.06. The maximum atomic E-state index is 5.98. The van der Waals surface area contributed by atoms with Crippen LogP contribution in [0.3, 0.4) is 0 Å². The molecular formula is C8H7BClN. The highest BCUT2D eigenvalue weighted by molar-refractivity contribution is 7.13. The summed E-state index contributed by atoms with van der Waals surface area (Å²) in [4.78, 5) is 0. The summed E-state index contributed by atoms with van der Waals surface area (Å²) in [5.74, 6) is 0. The maximum Gasteiger partial charge on any atom is 0.392 e. The van der Waals surface area contributed by atoms with Crippen molar-refractivity contribution in [2.75, 3.05) is 0 Å². The molecule has 0 bridgehead atoms. The first-order valence-electron chi connectivity index (χ1n) is 3.53. The van der Waals surface area contributed by atoms with Gasteiger partial charge in [-0.3, -0.25) is 0 Å². The molecule has 0 radical (unpaired) electrons. The minimum Gasteiger partial charge on any atom is -0.417 e. The predicted molar refractivity (Wildman–Crippen MR) is 49.9 cm³/mol. The Labute approximate surface area is 71.1 Å². The first-order valence-corrected chi connectivity index (χ1v) is 3.97. The second kappa shape index (κ2) is 2.63. The number of hydrogen-bond donors (Lipinski definition) is 1. The van der Waals surface area contributed by atoms with Gasteiger partial charge in [0.05, 0.1) is 0 Å². The van der Waals surface area contributed by atoms with Crippen LogP contribution in [0, 0.1) is 0 Å². The Bertz CT molecular complexity index is 298. The van der Waals surface area contributed by atoms with Crippen LogP contribution in [-0.4, -0.2) is 6.26 Å². The van der Waals surface area contributed by atoms with Gasteiger partial charge in [0.2, 0.25) is 0 Å². The van der Waals surface area contributed by atoms with E-state index in [9.17, 15) is 0 Å². The Morgan fingerprint density at radius 1 is 1.27 bits per heavy atom. The second-order valence-electron chi connectivity index (χ2n) is 2.49. The van der Waals surface area contributed by atoms with Crippen LogP contribution >= 0.6 is 11.5 Å². The van der Waals surface area contributed by atoms with Crippen LogP contribution in [0.15, 0.2) is 30.5 Å². The van der Waals surface area contributed by atoms with E-state index in [1.807, 2.05) is 30.5 Å². The average molecular weight is 163 g/mol. The van der Waals surface area contributed by atoms with Crippen LogP contribution < -0.4 is 10.7 Å². The lowest BCUT2D eigenvalue weighted by atomic mass is 9.76. The van der Waals surface area contributed by atoms with Crippen molar-refractivity contribution >= 4 is 29.3 Å². The van der Waals surface area contributed by atoms with Gasteiger partial charge >= 0.3 is 6.26 Å². The van der Waals surface area contributed by atoms with Crippen LogP contribution in [0.2, 0.25) is 0 Å². The van der Waals surface area contributed by atoms with Crippen molar-refractivity contribution in [3.05, 3.63) is 36.0 Å². The molecule has 0 unspecified atom stereocenters. The molecule has 3 heteroatoms. The highest BCUT2D eigenvalue weighted by Crippen LogP contribution is 2.05. The lowest BCUT2D eigenvalue weighted by molar-refractivity contribution is 1.35. The van der Waals surface area contributed by atoms with Gasteiger partial charge in [0.1, 0.15) is 0 Å². The Balaban J connectivity index is 2.54. The van der Waals surface area contributed by atoms with E-state index >= 15 is 0 Å². The Hall–Kier alpha value is -0.885. The van der Waals surface area contributed by atoms with Gasteiger partial charge in [-0.2, -0.15) is 11.5 Å². The molecule has 0 saturated heterocycles. The largest absolute Gasteiger partial charge is 0.417 e. The molecule has 1 aliphatic rings. The van der Waals surface area contributed by atoms with Crippen LogP contribution in [0.1, 0.15) is 5.56 Å². The summed E-state index contributed by atoms with van der Waals surface area (Å²) >= 11 is 5.98. The van der Waals surface area contributed by atoms with E-state index in [1.165, 1.54) is 5.56 Å². The molecule has 1 aliphatic heterocycles. The first-order chi connectivity index (χ1) is 5.38. The van der Waals surface area contributed by atoms with Gasteiger partial charge in [-0.25, -0.2) is 0 Å². The molecule has 1 N–H and O–H groups in total. The zero-order valence-electron chi connectivity index (χ0n) is 5.92. The van der Waals surface area contributed by atoms with Crippen molar-refractivity contribution in [1.82, 2.24) is 5.23 Å². The van der Waals surface area contributed by atoms with Crippen molar-refractivity contribution in [1.29, 1.82) is 0 Å². The third-order valence-corrected chi connectivity index (χ3v) is 2.14. The third-order valence-electron chi connectivity index (χ3n) is 1.77. The van der Waals surface area contributed by atoms with Gasteiger partial charge in [0, 0.05) is 0 Å². The molecule has 1 aromatic carbocycles. The van der Waals surface area contributed by atoms with E-state index < -0.39 is 0 Å². The summed E-state index contributed by atoms with van der Waals surface area (Å²) in [7, 11) is 0. The highest BCUT2D eigenvalue weighted by Gasteiger charge is 2.17. The van der Waals surface area contributed by atoms with Crippen LogP contribution in [-0.2, 0) is 0 Å². The van der Waals surface area contributed by atoms with Crippen molar-refractivity contribution in [2.45, 2.75) is 0 Å². The molecule has 0 amide bonds. The standard InChI is InChI=1S/C8H7BClN/c10-9-8-4-2-1-3-7(8)5-6-11-9/h1-6,11H. The normalized spacial score (nSPS) is 14.1. The van der Waals surface area contributed by atoms with Crippen LogP contribution in [0.5, 0.6) is 0 Å². The summed E-state index contributed by atoms with van der Waals surface area (Å²) in [6.45, 7) is 0. The smallest absolute Gasteiger partial charge is 0.392 e. The molecule has 1 heterocycles. The summed E-state index contributed by atoms with van der Waals surface area (Å²) in [5.41, 5.74) is 2.35. The van der Waals surface area contributed by atoms with Crippen molar-refractivity contribution < 1.29 is 0 Å². The Morgan fingerprint density at radius 3 is 2.91 bits per heavy atom. The Kier molecular flexibility index (Phi) is 1.62. The lowest BCUT2D eigenvalue weighted by Crippen LogP contribution is -2.40. The SMILES string of the molecule is ClB1NC=Cc2ccccc21. The summed E-state index contributed by atoms with van der Waals surface area (Å²) in [6.07, 6.45) is 3.82. The van der Waals surface area contributed by atoms with E-state index in [-0.39, 0.29) is 6.26 Å². The number of hydrogen-bond acceptors (Lipinski definition) is 1. The van der Waals surface area contributed by atoms with Crippen molar-refractivity contribution in [3.63, 3.8) is 0 Å². The van der Waals surface area contributed by atoms with Gasteiger partial charge in [0.25, 0.3) is 0 Å². The van der Waals surface area contributed by atoms with E-state index in [2.05, 4.69) is 11.3 Å². The molecule has 54 valence electrons. The summed E-state index contributed by atoms with van der Waals surface area (Å²) in [6, 6.07) is 8.10. The van der Waals surface area contributed by atoms with Gasteiger partial charge in [-0.1, -0.05) is 24.3 Å². The molecule has 0 aliphatic carbocycles. The van der Waals surface area contributed by atoms with Crippen LogP contribution in [0.25, 0.3) is 6.08 Å². The maximum absolute atomic E-state index is 5.98. The molecule has 0 aromatic heterocycles. The molecule has 0 atom stereocenters. The zero-order chi connectivity index (χ0) is 7.68. The fraction of sp³-hybridized carbons (Fsp3) is 0. The molecule has 11 heavy (non-hydrogen) atoms. The van der Waals surface area contributed by atoms with E-state index in [4.69, 9.17) is 11.5 Å².